The molecule has 0 radical (unpaired) electrons. The molecule has 0 aromatic heterocycles. The number of nitrogens with one attached hydrogen (secondary N) is 1. The van der Waals surface area contributed by atoms with Crippen molar-refractivity contribution in [2.75, 3.05) is 19.6 Å². The number of likely N-dealkylation sites (tertiary alicyclic amines) is 2. The number of carbonyl (C=O) groups excluding carboxylic acids is 2. The second-order valence-corrected chi connectivity index (χ2v) is 7.80. The molecule has 0 unspecified atom stereocenters. The molecule has 1 aromatic rings. The van der Waals surface area contributed by atoms with E-state index in [4.69, 9.17) is 0 Å². The quantitative estimate of drug-likeness (QED) is 0.915. The van der Waals surface area contributed by atoms with Crippen LogP contribution in [0.5, 0.6) is 0 Å². The lowest BCUT2D eigenvalue weighted by Gasteiger charge is -2.45. The van der Waals surface area contributed by atoms with Gasteiger partial charge in [0.05, 0.1) is 0 Å². The Kier molecular flexibility index (Phi) is 4.40. The Bertz CT molecular complexity index is 634. The smallest absolute Gasteiger partial charge is 0.317 e. The lowest BCUT2D eigenvalue weighted by Crippen LogP contribution is -2.55. The maximum absolute atomic E-state index is 12.4. The third-order valence-corrected chi connectivity index (χ3v) is 6.08. The van der Waals surface area contributed by atoms with Crippen LogP contribution < -0.4 is 5.32 Å². The van der Waals surface area contributed by atoms with Gasteiger partial charge in [-0.3, -0.25) is 4.79 Å². The number of benzene rings is 1. The van der Waals surface area contributed by atoms with E-state index in [2.05, 4.69) is 10.2 Å². The van der Waals surface area contributed by atoms with Gasteiger partial charge in [-0.25, -0.2) is 4.79 Å². The summed E-state index contributed by atoms with van der Waals surface area (Å²) in [5.74, 6) is 1.06. The first-order valence-corrected chi connectivity index (χ1v) is 9.53. The van der Waals surface area contributed by atoms with Gasteiger partial charge in [-0.05, 0) is 43.6 Å². The highest BCUT2D eigenvalue weighted by molar-refractivity contribution is 5.80. The van der Waals surface area contributed by atoms with E-state index in [9.17, 15) is 9.59 Å². The van der Waals surface area contributed by atoms with Gasteiger partial charge < -0.3 is 15.1 Å². The first-order valence-electron chi connectivity index (χ1n) is 9.53. The Morgan fingerprint density at radius 1 is 1.12 bits per heavy atom. The zero-order valence-corrected chi connectivity index (χ0v) is 14.7. The molecule has 3 amide bonds. The van der Waals surface area contributed by atoms with E-state index in [1.54, 1.807) is 0 Å². The van der Waals surface area contributed by atoms with Crippen molar-refractivity contribution in [3.63, 3.8) is 0 Å². The molecule has 134 valence electrons. The summed E-state index contributed by atoms with van der Waals surface area (Å²) < 4.78 is 0. The summed E-state index contributed by atoms with van der Waals surface area (Å²) in [5.41, 5.74) is 1.14. The van der Waals surface area contributed by atoms with E-state index < -0.39 is 0 Å². The number of carbonyl (C=O) groups is 2. The van der Waals surface area contributed by atoms with Crippen molar-refractivity contribution in [2.45, 2.75) is 50.6 Å². The normalized spacial score (nSPS) is 22.5. The molecule has 5 heteroatoms. The molecule has 1 saturated carbocycles. The molecule has 1 spiro atoms. The maximum atomic E-state index is 12.4. The number of urea groups is 1. The second kappa shape index (κ2) is 6.70. The maximum Gasteiger partial charge on any atom is 0.317 e. The molecule has 3 fully saturated rings. The Morgan fingerprint density at radius 2 is 1.84 bits per heavy atom. The van der Waals surface area contributed by atoms with Crippen LogP contribution in [0.4, 0.5) is 4.79 Å². The molecule has 1 N–H and O–H groups in total. The van der Waals surface area contributed by atoms with Crippen molar-refractivity contribution in [1.82, 2.24) is 15.1 Å². The fourth-order valence-corrected chi connectivity index (χ4v) is 4.26. The van der Waals surface area contributed by atoms with E-state index in [1.165, 1.54) is 12.8 Å². The van der Waals surface area contributed by atoms with Gasteiger partial charge in [0, 0.05) is 38.1 Å². The topological polar surface area (TPSA) is 52.7 Å². The van der Waals surface area contributed by atoms with E-state index in [0.717, 1.165) is 50.4 Å². The molecular formula is C20H27N3O2. The third kappa shape index (κ3) is 3.51. The van der Waals surface area contributed by atoms with Gasteiger partial charge in [-0.15, -0.1) is 0 Å². The standard InChI is InChI=1S/C20H27N3O2/c24-18-8-9-20(23(18)15-17-6-7-17)10-12-22(13-11-20)19(25)21-14-16-4-2-1-3-5-16/h1-5,17H,6-15H2,(H,21,25). The minimum absolute atomic E-state index is 0.0109. The Balaban J connectivity index is 1.31. The van der Waals surface area contributed by atoms with Crippen molar-refractivity contribution in [1.29, 1.82) is 0 Å². The van der Waals surface area contributed by atoms with E-state index in [1.807, 2.05) is 35.2 Å². The third-order valence-electron chi connectivity index (χ3n) is 6.08. The highest BCUT2D eigenvalue weighted by Gasteiger charge is 2.48. The van der Waals surface area contributed by atoms with Crippen molar-refractivity contribution < 1.29 is 9.59 Å². The van der Waals surface area contributed by atoms with Crippen molar-refractivity contribution in [3.05, 3.63) is 35.9 Å². The second-order valence-electron chi connectivity index (χ2n) is 7.80. The van der Waals surface area contributed by atoms with Crippen LogP contribution >= 0.6 is 0 Å². The number of amides is 3. The fraction of sp³-hybridized carbons (Fsp3) is 0.600. The first-order chi connectivity index (χ1) is 12.2. The van der Waals surface area contributed by atoms with Crippen LogP contribution in [0.3, 0.4) is 0 Å². The summed E-state index contributed by atoms with van der Waals surface area (Å²) in [7, 11) is 0. The number of nitrogens with zero attached hydrogens (tertiary/aromatic N) is 2. The summed E-state index contributed by atoms with van der Waals surface area (Å²) in [4.78, 5) is 28.8. The van der Waals surface area contributed by atoms with Gasteiger partial charge in [-0.2, -0.15) is 0 Å². The van der Waals surface area contributed by atoms with Crippen LogP contribution in [0.1, 0.15) is 44.1 Å². The highest BCUT2D eigenvalue weighted by Crippen LogP contribution is 2.42. The molecule has 0 atom stereocenters. The van der Waals surface area contributed by atoms with Gasteiger partial charge in [0.15, 0.2) is 0 Å². The van der Waals surface area contributed by atoms with Crippen LogP contribution in [0, 0.1) is 5.92 Å². The average molecular weight is 341 g/mol. The summed E-state index contributed by atoms with van der Waals surface area (Å²) in [6, 6.07) is 9.99. The summed E-state index contributed by atoms with van der Waals surface area (Å²) in [6.07, 6.45) is 6.04. The molecule has 25 heavy (non-hydrogen) atoms. The molecule has 1 aromatic carbocycles. The number of rotatable bonds is 4. The van der Waals surface area contributed by atoms with E-state index in [-0.39, 0.29) is 11.6 Å². The minimum atomic E-state index is 0.0109. The highest BCUT2D eigenvalue weighted by atomic mass is 16.2. The lowest BCUT2D eigenvalue weighted by atomic mass is 9.85. The van der Waals surface area contributed by atoms with Gasteiger partial charge in [0.2, 0.25) is 5.91 Å². The predicted octanol–water partition coefficient (Wildman–Crippen LogP) is 2.76. The summed E-state index contributed by atoms with van der Waals surface area (Å²) in [6.45, 7) is 3.00. The lowest BCUT2D eigenvalue weighted by molar-refractivity contribution is -0.132. The van der Waals surface area contributed by atoms with Crippen LogP contribution in [0.15, 0.2) is 30.3 Å². The fourth-order valence-electron chi connectivity index (χ4n) is 4.26. The Hall–Kier alpha value is -2.04. The SMILES string of the molecule is O=C(NCc1ccccc1)N1CCC2(CCC(=O)N2CC2CC2)CC1. The largest absolute Gasteiger partial charge is 0.337 e. The number of hydrogen-bond donors (Lipinski definition) is 1. The Morgan fingerprint density at radius 3 is 2.52 bits per heavy atom. The van der Waals surface area contributed by atoms with E-state index in [0.29, 0.717) is 18.9 Å². The average Bonchev–Trinajstić information content (AvgIpc) is 3.43. The zero-order chi connectivity index (χ0) is 17.3. The van der Waals surface area contributed by atoms with Crippen LogP contribution in [0.2, 0.25) is 0 Å². The molecule has 2 heterocycles. The Labute approximate surface area is 149 Å². The minimum Gasteiger partial charge on any atom is -0.337 e. The molecule has 4 rings (SSSR count). The molecular weight excluding hydrogens is 314 g/mol. The monoisotopic (exact) mass is 341 g/mol. The predicted molar refractivity (Wildman–Crippen MR) is 95.9 cm³/mol. The van der Waals surface area contributed by atoms with Gasteiger partial charge in [-0.1, -0.05) is 30.3 Å². The molecule has 5 nitrogen and oxygen atoms in total. The van der Waals surface area contributed by atoms with Crippen molar-refractivity contribution in [3.8, 4) is 0 Å². The van der Waals surface area contributed by atoms with Gasteiger partial charge in [0.25, 0.3) is 0 Å². The van der Waals surface area contributed by atoms with Crippen LogP contribution in [-0.2, 0) is 11.3 Å². The van der Waals surface area contributed by atoms with Gasteiger partial charge >= 0.3 is 6.03 Å². The number of piperidine rings is 1. The molecule has 0 bridgehead atoms. The molecule has 1 aliphatic carbocycles. The van der Waals surface area contributed by atoms with Gasteiger partial charge in [0.1, 0.15) is 0 Å². The number of hydrogen-bond acceptors (Lipinski definition) is 2. The van der Waals surface area contributed by atoms with Crippen LogP contribution in [0.25, 0.3) is 0 Å². The molecule has 2 saturated heterocycles. The molecule has 3 aliphatic rings. The molecule has 2 aliphatic heterocycles. The van der Waals surface area contributed by atoms with E-state index >= 15 is 0 Å². The van der Waals surface area contributed by atoms with Crippen molar-refractivity contribution in [2.24, 2.45) is 5.92 Å². The summed E-state index contributed by atoms with van der Waals surface area (Å²) >= 11 is 0. The van der Waals surface area contributed by atoms with Crippen LogP contribution in [-0.4, -0.2) is 46.9 Å². The van der Waals surface area contributed by atoms with Crippen molar-refractivity contribution >= 4 is 11.9 Å². The zero-order valence-electron chi connectivity index (χ0n) is 14.7. The summed E-state index contributed by atoms with van der Waals surface area (Å²) in [5, 5.41) is 3.02. The first kappa shape index (κ1) is 16.4.